The molecule has 12 heteroatoms. The Kier molecular flexibility index (Phi) is 7.08. The first-order valence-electron chi connectivity index (χ1n) is 12.8. The van der Waals surface area contributed by atoms with E-state index in [-0.39, 0.29) is 53.6 Å². The van der Waals surface area contributed by atoms with Crippen LogP contribution in [0.4, 0.5) is 10.1 Å². The number of fused-ring (bicyclic) bond motifs is 2. The van der Waals surface area contributed by atoms with Gasteiger partial charge in [0.1, 0.15) is 11.3 Å². The van der Waals surface area contributed by atoms with Gasteiger partial charge in [0.2, 0.25) is 5.43 Å². The smallest absolute Gasteiger partial charge is 0.408 e. The number of carboxylic acids is 1. The summed E-state index contributed by atoms with van der Waals surface area (Å²) in [6.07, 6.45) is 4.72. The number of pyridine rings is 1. The van der Waals surface area contributed by atoms with Crippen LogP contribution < -0.4 is 15.1 Å². The van der Waals surface area contributed by atoms with E-state index in [1.54, 1.807) is 18.4 Å². The zero-order valence-electron chi connectivity index (χ0n) is 21.3. The third-order valence-electron chi connectivity index (χ3n) is 7.54. The lowest BCUT2D eigenvalue weighted by atomic mass is 9.94. The number of halogens is 1. The Morgan fingerprint density at radius 1 is 1.19 bits per heavy atom. The van der Waals surface area contributed by atoms with Crippen molar-refractivity contribution in [1.82, 2.24) is 9.24 Å². The SMILES string of the molecule is CCOP(=O)(OCC)N1CCCC2CN(c3c(F)cc4c(=O)c(C(=O)O)cn(C5CC5)c4c3OC)CC21. The number of ether oxygens (including phenoxy) is 1. The number of carbonyl (C=O) groups is 1. The Balaban J connectivity index is 1.61. The average Bonchev–Trinajstić information content (AvgIpc) is 3.61. The highest BCUT2D eigenvalue weighted by Crippen LogP contribution is 2.57. The van der Waals surface area contributed by atoms with Crippen LogP contribution in [0.3, 0.4) is 0 Å². The Morgan fingerprint density at radius 2 is 1.89 bits per heavy atom. The van der Waals surface area contributed by atoms with Crippen LogP contribution >= 0.6 is 7.75 Å². The maximum Gasteiger partial charge on any atom is 0.408 e. The summed E-state index contributed by atoms with van der Waals surface area (Å²) in [5, 5.41) is 9.55. The number of benzene rings is 1. The molecule has 202 valence electrons. The minimum Gasteiger partial charge on any atom is -0.492 e. The minimum absolute atomic E-state index is 0.0136. The van der Waals surface area contributed by atoms with Gasteiger partial charge in [0, 0.05) is 37.9 Å². The van der Waals surface area contributed by atoms with Crippen LogP contribution in [0.25, 0.3) is 10.9 Å². The Labute approximate surface area is 214 Å². The van der Waals surface area contributed by atoms with Gasteiger partial charge in [0.15, 0.2) is 11.6 Å². The topological polar surface area (TPSA) is 111 Å². The third-order valence-corrected chi connectivity index (χ3v) is 9.83. The van der Waals surface area contributed by atoms with Crippen LogP contribution in [0.5, 0.6) is 5.75 Å². The fraction of sp³-hybridized carbons (Fsp3) is 0.600. The fourth-order valence-corrected chi connectivity index (χ4v) is 7.91. The first-order chi connectivity index (χ1) is 17.7. The Morgan fingerprint density at radius 3 is 2.49 bits per heavy atom. The molecule has 0 radical (unpaired) electrons. The van der Waals surface area contributed by atoms with Gasteiger partial charge in [-0.15, -0.1) is 0 Å². The monoisotopic (exact) mass is 537 g/mol. The first kappa shape index (κ1) is 26.2. The molecule has 2 saturated heterocycles. The Hall–Kier alpha value is -2.46. The molecule has 2 aliphatic heterocycles. The zero-order chi connectivity index (χ0) is 26.5. The van der Waals surface area contributed by atoms with Crippen molar-refractivity contribution >= 4 is 30.3 Å². The fourth-order valence-electron chi connectivity index (χ4n) is 5.88. The zero-order valence-corrected chi connectivity index (χ0v) is 22.2. The van der Waals surface area contributed by atoms with Crippen molar-refractivity contribution in [1.29, 1.82) is 0 Å². The number of nitrogens with zero attached hydrogens (tertiary/aromatic N) is 3. The van der Waals surface area contributed by atoms with E-state index in [0.29, 0.717) is 25.2 Å². The minimum atomic E-state index is -3.51. The Bertz CT molecular complexity index is 1320. The molecule has 1 aromatic heterocycles. The number of rotatable bonds is 9. The molecular weight excluding hydrogens is 504 g/mol. The number of piperidine rings is 1. The summed E-state index contributed by atoms with van der Waals surface area (Å²) in [5.41, 5.74) is -0.501. The number of hydrogen-bond acceptors (Lipinski definition) is 7. The molecule has 1 N–H and O–H groups in total. The van der Waals surface area contributed by atoms with E-state index < -0.39 is 25.0 Å². The number of anilines is 1. The second kappa shape index (κ2) is 10.0. The van der Waals surface area contributed by atoms with E-state index in [9.17, 15) is 19.3 Å². The molecule has 1 saturated carbocycles. The van der Waals surface area contributed by atoms with Crippen molar-refractivity contribution in [2.75, 3.05) is 44.9 Å². The van der Waals surface area contributed by atoms with Crippen molar-refractivity contribution in [2.24, 2.45) is 5.92 Å². The lowest BCUT2D eigenvalue weighted by Gasteiger charge is -2.39. The summed E-state index contributed by atoms with van der Waals surface area (Å²) in [7, 11) is -2.08. The molecule has 2 aromatic rings. The number of methoxy groups -OCH3 is 1. The maximum absolute atomic E-state index is 15.8. The normalized spacial score (nSPS) is 22.4. The molecule has 3 fully saturated rings. The molecule has 37 heavy (non-hydrogen) atoms. The molecular formula is C25H33FN3O7P. The van der Waals surface area contributed by atoms with Gasteiger partial charge in [-0.1, -0.05) is 0 Å². The molecule has 0 bridgehead atoms. The summed E-state index contributed by atoms with van der Waals surface area (Å²) in [6.45, 7) is 5.51. The molecule has 0 amide bonds. The standard InChI is InChI=1S/C25H33FN3O7P/c1-4-35-37(33,36-5-2)29-10-6-7-15-12-27(14-20(15)29)22-19(26)11-17-21(24(22)34-3)28(16-8-9-16)13-18(23(17)30)25(31)32/h11,13,15-16,20H,4-10,12,14H2,1-3H3,(H,31,32). The van der Waals surface area contributed by atoms with Crippen LogP contribution in [0.2, 0.25) is 0 Å². The summed E-state index contributed by atoms with van der Waals surface area (Å²) in [6, 6.07) is 0.983. The quantitative estimate of drug-likeness (QED) is 0.469. The first-order valence-corrected chi connectivity index (χ1v) is 14.3. The molecule has 5 rings (SSSR count). The molecule has 0 spiro atoms. The predicted molar refractivity (Wildman–Crippen MR) is 136 cm³/mol. The van der Waals surface area contributed by atoms with E-state index in [1.165, 1.54) is 13.3 Å². The van der Waals surface area contributed by atoms with Crippen LogP contribution in [-0.2, 0) is 13.6 Å². The number of hydrogen-bond donors (Lipinski definition) is 1. The van der Waals surface area contributed by atoms with Crippen molar-refractivity contribution in [3.8, 4) is 5.75 Å². The number of aromatic carboxylic acids is 1. The van der Waals surface area contributed by atoms with E-state index in [0.717, 1.165) is 31.7 Å². The van der Waals surface area contributed by atoms with E-state index in [2.05, 4.69) is 0 Å². The van der Waals surface area contributed by atoms with Crippen molar-refractivity contribution in [2.45, 2.75) is 51.6 Å². The summed E-state index contributed by atoms with van der Waals surface area (Å²) in [4.78, 5) is 26.6. The van der Waals surface area contributed by atoms with Gasteiger partial charge in [0.25, 0.3) is 0 Å². The molecule has 1 aromatic carbocycles. The van der Waals surface area contributed by atoms with Gasteiger partial charge in [-0.3, -0.25) is 13.8 Å². The van der Waals surface area contributed by atoms with Gasteiger partial charge >= 0.3 is 13.7 Å². The van der Waals surface area contributed by atoms with Gasteiger partial charge < -0.3 is 19.3 Å². The maximum atomic E-state index is 15.8. The highest BCUT2D eigenvalue weighted by molar-refractivity contribution is 7.51. The van der Waals surface area contributed by atoms with E-state index >= 15 is 4.39 Å². The second-order valence-electron chi connectivity index (χ2n) is 9.79. The van der Waals surface area contributed by atoms with Crippen molar-refractivity contribution < 1.29 is 32.6 Å². The van der Waals surface area contributed by atoms with Crippen LogP contribution in [0.15, 0.2) is 17.1 Å². The van der Waals surface area contributed by atoms with Gasteiger partial charge in [-0.05, 0) is 51.5 Å². The average molecular weight is 538 g/mol. The summed E-state index contributed by atoms with van der Waals surface area (Å²) < 4.78 is 50.0. The third kappa shape index (κ3) is 4.46. The van der Waals surface area contributed by atoms with E-state index in [4.69, 9.17) is 13.8 Å². The van der Waals surface area contributed by atoms with Crippen molar-refractivity contribution in [3.05, 3.63) is 33.9 Å². The van der Waals surface area contributed by atoms with Gasteiger partial charge in [-0.25, -0.2) is 18.4 Å². The highest BCUT2D eigenvalue weighted by Gasteiger charge is 2.48. The second-order valence-corrected chi connectivity index (χ2v) is 11.8. The van der Waals surface area contributed by atoms with E-state index in [1.807, 2.05) is 9.57 Å². The summed E-state index contributed by atoms with van der Waals surface area (Å²) >= 11 is 0. The highest BCUT2D eigenvalue weighted by atomic mass is 31.2. The lowest BCUT2D eigenvalue weighted by Crippen LogP contribution is -2.43. The van der Waals surface area contributed by atoms with Crippen molar-refractivity contribution in [3.63, 3.8) is 0 Å². The van der Waals surface area contributed by atoms with Gasteiger partial charge in [0.05, 0.1) is 31.2 Å². The van der Waals surface area contributed by atoms with Gasteiger partial charge in [-0.2, -0.15) is 0 Å². The molecule has 2 unspecified atom stereocenters. The molecule has 1 aliphatic carbocycles. The van der Waals surface area contributed by atoms with Crippen LogP contribution in [0.1, 0.15) is 55.9 Å². The predicted octanol–water partition coefficient (Wildman–Crippen LogP) is 4.26. The van der Waals surface area contributed by atoms with Crippen LogP contribution in [0, 0.1) is 11.7 Å². The molecule has 10 nitrogen and oxygen atoms in total. The number of aromatic nitrogens is 1. The largest absolute Gasteiger partial charge is 0.492 e. The molecule has 3 aliphatic rings. The molecule has 2 atom stereocenters. The summed E-state index contributed by atoms with van der Waals surface area (Å²) in [5.74, 6) is -1.68. The lowest BCUT2D eigenvalue weighted by molar-refractivity contribution is 0.0694. The van der Waals surface area contributed by atoms with Crippen LogP contribution in [-0.4, -0.2) is 66.3 Å². The molecule has 3 heterocycles. The number of carboxylic acid groups (broad SMARTS) is 1.